The second-order valence-electron chi connectivity index (χ2n) is 5.17. The van der Waals surface area contributed by atoms with Gasteiger partial charge in [0.25, 0.3) is 0 Å². The molecule has 3 aromatic rings. The van der Waals surface area contributed by atoms with Crippen LogP contribution in [0.3, 0.4) is 0 Å². The van der Waals surface area contributed by atoms with E-state index >= 15 is 0 Å². The molecule has 0 atom stereocenters. The molecule has 0 aliphatic carbocycles. The summed E-state index contributed by atoms with van der Waals surface area (Å²) in [5, 5.41) is 3.93. The van der Waals surface area contributed by atoms with Gasteiger partial charge in [0.1, 0.15) is 17.9 Å². The first-order valence-corrected chi connectivity index (χ1v) is 7.62. The molecule has 0 fully saturated rings. The molecule has 0 radical (unpaired) electrons. The molecule has 0 bridgehead atoms. The first-order valence-electron chi connectivity index (χ1n) is 7.62. The Morgan fingerprint density at radius 2 is 1.84 bits per heavy atom. The van der Waals surface area contributed by atoms with Gasteiger partial charge in [-0.2, -0.15) is 0 Å². The fraction of sp³-hybridized carbons (Fsp3) is 0.158. The van der Waals surface area contributed by atoms with Gasteiger partial charge < -0.3 is 18.7 Å². The zero-order chi connectivity index (χ0) is 17.6. The minimum absolute atomic E-state index is 0.00443. The molecule has 2 aromatic carbocycles. The average molecular weight is 339 g/mol. The van der Waals surface area contributed by atoms with Gasteiger partial charge in [-0.05, 0) is 12.1 Å². The second-order valence-corrected chi connectivity index (χ2v) is 5.17. The summed E-state index contributed by atoms with van der Waals surface area (Å²) in [6.45, 7) is -0.00443. The van der Waals surface area contributed by atoms with E-state index in [9.17, 15) is 4.79 Å². The highest BCUT2D eigenvalue weighted by Gasteiger charge is 2.18. The number of esters is 1. The van der Waals surface area contributed by atoms with Gasteiger partial charge in [-0.15, -0.1) is 0 Å². The third kappa shape index (κ3) is 3.63. The van der Waals surface area contributed by atoms with Gasteiger partial charge in [0.05, 0.1) is 14.2 Å². The van der Waals surface area contributed by atoms with Crippen molar-refractivity contribution in [2.24, 2.45) is 0 Å². The molecule has 0 spiro atoms. The molecule has 0 saturated carbocycles. The van der Waals surface area contributed by atoms with Crippen molar-refractivity contribution >= 4 is 5.97 Å². The Bertz CT molecular complexity index is 857. The van der Waals surface area contributed by atoms with Crippen LogP contribution in [0.25, 0.3) is 11.3 Å². The SMILES string of the molecule is COc1cccc(C(=O)OCc2cc(-c3ccccc3)on2)c1OC. The normalized spacial score (nSPS) is 10.3. The van der Waals surface area contributed by atoms with Crippen molar-refractivity contribution in [3.05, 3.63) is 65.9 Å². The molecule has 0 amide bonds. The Balaban J connectivity index is 1.70. The fourth-order valence-corrected chi connectivity index (χ4v) is 2.38. The van der Waals surface area contributed by atoms with Gasteiger partial charge in [-0.1, -0.05) is 41.6 Å². The van der Waals surface area contributed by atoms with Crippen LogP contribution in [-0.4, -0.2) is 25.3 Å². The molecular weight excluding hydrogens is 322 g/mol. The number of hydrogen-bond donors (Lipinski definition) is 0. The number of benzene rings is 2. The Kier molecular flexibility index (Phi) is 4.99. The summed E-state index contributed by atoms with van der Waals surface area (Å²) in [4.78, 5) is 12.3. The van der Waals surface area contributed by atoms with Crippen molar-refractivity contribution in [3.8, 4) is 22.8 Å². The van der Waals surface area contributed by atoms with Gasteiger partial charge in [0.15, 0.2) is 17.3 Å². The first kappa shape index (κ1) is 16.6. The van der Waals surface area contributed by atoms with Crippen LogP contribution in [0.1, 0.15) is 16.1 Å². The molecule has 1 aromatic heterocycles. The minimum atomic E-state index is -0.528. The van der Waals surface area contributed by atoms with E-state index in [0.29, 0.717) is 23.0 Å². The minimum Gasteiger partial charge on any atom is -0.493 e. The lowest BCUT2D eigenvalue weighted by Crippen LogP contribution is -2.08. The number of nitrogens with zero attached hydrogens (tertiary/aromatic N) is 1. The average Bonchev–Trinajstić information content (AvgIpc) is 3.15. The second kappa shape index (κ2) is 7.53. The van der Waals surface area contributed by atoms with Crippen LogP contribution in [-0.2, 0) is 11.3 Å². The number of carbonyl (C=O) groups excluding carboxylic acids is 1. The number of methoxy groups -OCH3 is 2. The highest BCUT2D eigenvalue weighted by Crippen LogP contribution is 2.31. The van der Waals surface area contributed by atoms with Crippen molar-refractivity contribution in [1.82, 2.24) is 5.16 Å². The number of aromatic nitrogens is 1. The van der Waals surface area contributed by atoms with Crippen LogP contribution in [0.15, 0.2) is 59.1 Å². The molecule has 0 saturated heterocycles. The Labute approximate surface area is 144 Å². The lowest BCUT2D eigenvalue weighted by atomic mass is 10.1. The zero-order valence-corrected chi connectivity index (χ0v) is 13.9. The van der Waals surface area contributed by atoms with Gasteiger partial charge in [0, 0.05) is 11.6 Å². The number of hydrogen-bond acceptors (Lipinski definition) is 6. The van der Waals surface area contributed by atoms with Crippen molar-refractivity contribution in [2.45, 2.75) is 6.61 Å². The summed E-state index contributed by atoms with van der Waals surface area (Å²) in [7, 11) is 2.98. The molecule has 128 valence electrons. The molecule has 0 N–H and O–H groups in total. The van der Waals surface area contributed by atoms with E-state index in [4.69, 9.17) is 18.7 Å². The van der Waals surface area contributed by atoms with Crippen LogP contribution in [0, 0.1) is 0 Å². The number of carbonyl (C=O) groups is 1. The lowest BCUT2D eigenvalue weighted by molar-refractivity contribution is 0.0460. The van der Waals surface area contributed by atoms with Crippen LogP contribution in [0.4, 0.5) is 0 Å². The lowest BCUT2D eigenvalue weighted by Gasteiger charge is -2.11. The monoisotopic (exact) mass is 339 g/mol. The molecule has 6 heteroatoms. The van der Waals surface area contributed by atoms with E-state index in [2.05, 4.69) is 5.16 Å². The van der Waals surface area contributed by atoms with E-state index < -0.39 is 5.97 Å². The van der Waals surface area contributed by atoms with Crippen LogP contribution >= 0.6 is 0 Å². The van der Waals surface area contributed by atoms with Crippen LogP contribution in [0.5, 0.6) is 11.5 Å². The molecule has 3 rings (SSSR count). The number of para-hydroxylation sites is 1. The van der Waals surface area contributed by atoms with Crippen molar-refractivity contribution < 1.29 is 23.5 Å². The van der Waals surface area contributed by atoms with Gasteiger partial charge in [-0.25, -0.2) is 4.79 Å². The van der Waals surface area contributed by atoms with Gasteiger partial charge in [-0.3, -0.25) is 0 Å². The maximum Gasteiger partial charge on any atom is 0.342 e. The summed E-state index contributed by atoms with van der Waals surface area (Å²) >= 11 is 0. The fourth-order valence-electron chi connectivity index (χ4n) is 2.38. The predicted molar refractivity (Wildman–Crippen MR) is 90.6 cm³/mol. The van der Waals surface area contributed by atoms with E-state index in [1.807, 2.05) is 30.3 Å². The smallest absolute Gasteiger partial charge is 0.342 e. The summed E-state index contributed by atoms with van der Waals surface area (Å²) in [6, 6.07) is 16.3. The summed E-state index contributed by atoms with van der Waals surface area (Å²) in [6.07, 6.45) is 0. The van der Waals surface area contributed by atoms with E-state index in [1.54, 1.807) is 24.3 Å². The predicted octanol–water partition coefficient (Wildman–Crippen LogP) is 3.72. The standard InChI is InChI=1S/C19H17NO5/c1-22-16-10-6-9-15(18(16)23-2)19(21)24-12-14-11-17(25-20-14)13-7-4-3-5-8-13/h3-11H,12H2,1-2H3. The van der Waals surface area contributed by atoms with Gasteiger partial charge >= 0.3 is 5.97 Å². The molecule has 0 aliphatic rings. The molecule has 6 nitrogen and oxygen atoms in total. The third-order valence-corrected chi connectivity index (χ3v) is 3.59. The maximum absolute atomic E-state index is 12.3. The highest BCUT2D eigenvalue weighted by molar-refractivity contribution is 5.93. The third-order valence-electron chi connectivity index (χ3n) is 3.59. The Morgan fingerprint density at radius 3 is 2.56 bits per heavy atom. The molecule has 0 unspecified atom stereocenters. The van der Waals surface area contributed by atoms with Crippen molar-refractivity contribution in [2.75, 3.05) is 14.2 Å². The van der Waals surface area contributed by atoms with Crippen LogP contribution < -0.4 is 9.47 Å². The largest absolute Gasteiger partial charge is 0.493 e. The van der Waals surface area contributed by atoms with E-state index in [0.717, 1.165) is 5.56 Å². The summed E-state index contributed by atoms with van der Waals surface area (Å²) in [5.74, 6) is 0.885. The Morgan fingerprint density at radius 1 is 1.04 bits per heavy atom. The van der Waals surface area contributed by atoms with E-state index in [-0.39, 0.29) is 12.2 Å². The summed E-state index contributed by atoms with van der Waals surface area (Å²) < 4.78 is 21.0. The first-order chi connectivity index (χ1) is 12.2. The van der Waals surface area contributed by atoms with Crippen LogP contribution in [0.2, 0.25) is 0 Å². The molecule has 0 aliphatic heterocycles. The topological polar surface area (TPSA) is 70.8 Å². The molecule has 1 heterocycles. The Hall–Kier alpha value is -3.28. The summed E-state index contributed by atoms with van der Waals surface area (Å²) in [5.41, 5.74) is 1.71. The van der Waals surface area contributed by atoms with Crippen molar-refractivity contribution in [3.63, 3.8) is 0 Å². The maximum atomic E-state index is 12.3. The molecule has 25 heavy (non-hydrogen) atoms. The van der Waals surface area contributed by atoms with Gasteiger partial charge in [0.2, 0.25) is 0 Å². The zero-order valence-electron chi connectivity index (χ0n) is 13.9. The number of rotatable bonds is 6. The van der Waals surface area contributed by atoms with Crippen molar-refractivity contribution in [1.29, 1.82) is 0 Å². The molecular formula is C19H17NO5. The highest BCUT2D eigenvalue weighted by atomic mass is 16.5. The quantitative estimate of drug-likeness (QED) is 0.638. The van der Waals surface area contributed by atoms with E-state index in [1.165, 1.54) is 14.2 Å². The number of ether oxygens (including phenoxy) is 3.